The largest absolute Gasteiger partial charge is 0.396 e. The van der Waals surface area contributed by atoms with E-state index in [1.54, 1.807) is 0 Å². The van der Waals surface area contributed by atoms with Gasteiger partial charge in [0.25, 0.3) is 5.91 Å². The Hall–Kier alpha value is -1.56. The minimum absolute atomic E-state index is 0.0484. The molecule has 6 heteroatoms. The predicted octanol–water partition coefficient (Wildman–Crippen LogP) is 0.520. The van der Waals surface area contributed by atoms with Crippen LogP contribution in [0.4, 0.5) is 5.69 Å². The number of hydrogen-bond donors (Lipinski definition) is 4. The van der Waals surface area contributed by atoms with Crippen molar-refractivity contribution in [1.82, 2.24) is 15.5 Å². The SMILES string of the molecule is CC(C)(CCCO)CNC(=O)c1[nH]ncc1N. The summed E-state index contributed by atoms with van der Waals surface area (Å²) in [6.07, 6.45) is 2.99. The number of hydrogen-bond acceptors (Lipinski definition) is 4. The first-order valence-corrected chi connectivity index (χ1v) is 5.64. The summed E-state index contributed by atoms with van der Waals surface area (Å²) in [5, 5.41) is 17.8. The van der Waals surface area contributed by atoms with Crippen LogP contribution >= 0.6 is 0 Å². The number of nitrogens with two attached hydrogens (primary N) is 1. The second-order valence-electron chi connectivity index (χ2n) is 4.87. The molecule has 0 bridgehead atoms. The van der Waals surface area contributed by atoms with E-state index in [0.717, 1.165) is 12.8 Å². The number of aromatic nitrogens is 2. The van der Waals surface area contributed by atoms with E-state index in [9.17, 15) is 4.79 Å². The minimum Gasteiger partial charge on any atom is -0.396 e. The maximum absolute atomic E-state index is 11.7. The first-order valence-electron chi connectivity index (χ1n) is 5.64. The summed E-state index contributed by atoms with van der Waals surface area (Å²) in [5.74, 6) is -0.253. The molecule has 1 aromatic rings. The zero-order valence-corrected chi connectivity index (χ0v) is 10.3. The third-order valence-corrected chi connectivity index (χ3v) is 2.63. The number of anilines is 1. The molecule has 0 fully saturated rings. The number of nitrogens with one attached hydrogen (secondary N) is 2. The van der Waals surface area contributed by atoms with Crippen LogP contribution in [0.1, 0.15) is 37.2 Å². The van der Waals surface area contributed by atoms with Gasteiger partial charge in [-0.15, -0.1) is 0 Å². The quantitative estimate of drug-likeness (QED) is 0.582. The number of aromatic amines is 1. The average Bonchev–Trinajstić information content (AvgIpc) is 2.70. The fourth-order valence-electron chi connectivity index (χ4n) is 1.53. The van der Waals surface area contributed by atoms with Gasteiger partial charge in [0, 0.05) is 13.2 Å². The molecule has 0 saturated carbocycles. The highest BCUT2D eigenvalue weighted by Gasteiger charge is 2.20. The van der Waals surface area contributed by atoms with E-state index in [-0.39, 0.29) is 17.9 Å². The van der Waals surface area contributed by atoms with Crippen molar-refractivity contribution >= 4 is 11.6 Å². The van der Waals surface area contributed by atoms with Gasteiger partial charge < -0.3 is 16.2 Å². The molecule has 17 heavy (non-hydrogen) atoms. The zero-order valence-electron chi connectivity index (χ0n) is 10.3. The average molecular weight is 240 g/mol. The lowest BCUT2D eigenvalue weighted by Crippen LogP contribution is -2.34. The van der Waals surface area contributed by atoms with Crippen molar-refractivity contribution in [3.05, 3.63) is 11.9 Å². The van der Waals surface area contributed by atoms with Gasteiger partial charge in [0.05, 0.1) is 11.9 Å². The van der Waals surface area contributed by atoms with Crippen LogP contribution in [-0.4, -0.2) is 34.4 Å². The van der Waals surface area contributed by atoms with Gasteiger partial charge in [0.2, 0.25) is 0 Å². The summed E-state index contributed by atoms with van der Waals surface area (Å²) in [5.41, 5.74) is 6.16. The van der Waals surface area contributed by atoms with E-state index >= 15 is 0 Å². The van der Waals surface area contributed by atoms with Gasteiger partial charge in [-0.1, -0.05) is 13.8 Å². The van der Waals surface area contributed by atoms with Crippen molar-refractivity contribution in [2.45, 2.75) is 26.7 Å². The van der Waals surface area contributed by atoms with E-state index in [4.69, 9.17) is 10.8 Å². The first-order chi connectivity index (χ1) is 7.96. The van der Waals surface area contributed by atoms with Crippen LogP contribution in [0.3, 0.4) is 0 Å². The number of nitrogen functional groups attached to an aromatic ring is 1. The number of H-pyrrole nitrogens is 1. The van der Waals surface area contributed by atoms with Gasteiger partial charge >= 0.3 is 0 Å². The topological polar surface area (TPSA) is 104 Å². The lowest BCUT2D eigenvalue weighted by atomic mass is 9.88. The van der Waals surface area contributed by atoms with Crippen molar-refractivity contribution in [3.8, 4) is 0 Å². The Bertz CT molecular complexity index is 373. The number of aliphatic hydroxyl groups excluding tert-OH is 1. The van der Waals surface area contributed by atoms with Gasteiger partial charge in [0.15, 0.2) is 0 Å². The van der Waals surface area contributed by atoms with Crippen LogP contribution in [0.25, 0.3) is 0 Å². The molecule has 0 unspecified atom stereocenters. The number of carbonyl (C=O) groups is 1. The summed E-state index contributed by atoms with van der Waals surface area (Å²) in [4.78, 5) is 11.7. The molecule has 0 aliphatic rings. The maximum Gasteiger partial charge on any atom is 0.271 e. The van der Waals surface area contributed by atoms with Crippen LogP contribution in [0, 0.1) is 5.41 Å². The van der Waals surface area contributed by atoms with Crippen molar-refractivity contribution in [2.24, 2.45) is 5.41 Å². The highest BCUT2D eigenvalue weighted by atomic mass is 16.2. The molecule has 0 aliphatic heterocycles. The minimum atomic E-state index is -0.253. The van der Waals surface area contributed by atoms with Crippen LogP contribution in [0.5, 0.6) is 0 Å². The van der Waals surface area contributed by atoms with Crippen LogP contribution in [0.2, 0.25) is 0 Å². The highest BCUT2D eigenvalue weighted by molar-refractivity contribution is 5.96. The molecule has 0 aromatic carbocycles. The van der Waals surface area contributed by atoms with Gasteiger partial charge in [-0.25, -0.2) is 0 Å². The smallest absolute Gasteiger partial charge is 0.271 e. The Kier molecular flexibility index (Phi) is 4.51. The number of aliphatic hydroxyl groups is 1. The molecule has 96 valence electrons. The summed E-state index contributed by atoms with van der Waals surface area (Å²) >= 11 is 0. The highest BCUT2D eigenvalue weighted by Crippen LogP contribution is 2.21. The molecule has 0 spiro atoms. The summed E-state index contributed by atoms with van der Waals surface area (Å²) in [7, 11) is 0. The molecular formula is C11H20N4O2. The molecule has 1 aromatic heterocycles. The Morgan fingerprint density at radius 1 is 1.65 bits per heavy atom. The maximum atomic E-state index is 11.7. The molecule has 6 nitrogen and oxygen atoms in total. The fraction of sp³-hybridized carbons (Fsp3) is 0.636. The molecule has 0 saturated heterocycles. The summed E-state index contributed by atoms with van der Waals surface area (Å²) in [6, 6.07) is 0. The summed E-state index contributed by atoms with van der Waals surface area (Å²) in [6.45, 7) is 4.79. The van der Waals surface area contributed by atoms with E-state index in [1.165, 1.54) is 6.20 Å². The van der Waals surface area contributed by atoms with Crippen LogP contribution in [-0.2, 0) is 0 Å². The van der Waals surface area contributed by atoms with Gasteiger partial charge in [-0.2, -0.15) is 5.10 Å². The Labute approximate surface area is 101 Å². The standard InChI is InChI=1S/C11H20N4O2/c1-11(2,4-3-5-16)7-13-10(17)9-8(12)6-14-15-9/h6,16H,3-5,7,12H2,1-2H3,(H,13,17)(H,14,15). The number of carbonyl (C=O) groups excluding carboxylic acids is 1. The Morgan fingerprint density at radius 3 is 2.88 bits per heavy atom. The first kappa shape index (κ1) is 13.5. The number of nitrogens with zero attached hydrogens (tertiary/aromatic N) is 1. The Balaban J connectivity index is 2.45. The lowest BCUT2D eigenvalue weighted by molar-refractivity contribution is 0.0929. The zero-order chi connectivity index (χ0) is 12.9. The number of rotatable bonds is 6. The van der Waals surface area contributed by atoms with Crippen LogP contribution < -0.4 is 11.1 Å². The van der Waals surface area contributed by atoms with Crippen molar-refractivity contribution in [3.63, 3.8) is 0 Å². The van der Waals surface area contributed by atoms with Crippen molar-refractivity contribution in [2.75, 3.05) is 18.9 Å². The van der Waals surface area contributed by atoms with E-state index in [2.05, 4.69) is 15.5 Å². The normalized spacial score (nSPS) is 11.5. The molecule has 1 heterocycles. The Morgan fingerprint density at radius 2 is 2.35 bits per heavy atom. The third-order valence-electron chi connectivity index (χ3n) is 2.63. The van der Waals surface area contributed by atoms with Crippen molar-refractivity contribution < 1.29 is 9.90 Å². The molecule has 1 amide bonds. The van der Waals surface area contributed by atoms with E-state index in [0.29, 0.717) is 17.9 Å². The molecule has 5 N–H and O–H groups in total. The third kappa shape index (κ3) is 4.07. The van der Waals surface area contributed by atoms with E-state index in [1.807, 2.05) is 13.8 Å². The van der Waals surface area contributed by atoms with Crippen molar-refractivity contribution in [1.29, 1.82) is 0 Å². The lowest BCUT2D eigenvalue weighted by Gasteiger charge is -2.24. The van der Waals surface area contributed by atoms with Crippen LogP contribution in [0.15, 0.2) is 6.20 Å². The molecular weight excluding hydrogens is 220 g/mol. The monoisotopic (exact) mass is 240 g/mol. The predicted molar refractivity (Wildman–Crippen MR) is 65.4 cm³/mol. The fourth-order valence-corrected chi connectivity index (χ4v) is 1.53. The van der Waals surface area contributed by atoms with Gasteiger partial charge in [-0.05, 0) is 18.3 Å². The van der Waals surface area contributed by atoms with Gasteiger partial charge in [0.1, 0.15) is 5.69 Å². The number of amides is 1. The molecule has 0 radical (unpaired) electrons. The summed E-state index contributed by atoms with van der Waals surface area (Å²) < 4.78 is 0. The van der Waals surface area contributed by atoms with E-state index < -0.39 is 0 Å². The molecule has 0 aliphatic carbocycles. The second-order valence-corrected chi connectivity index (χ2v) is 4.87. The molecule has 1 rings (SSSR count). The molecule has 0 atom stereocenters. The second kappa shape index (κ2) is 5.67. The van der Waals surface area contributed by atoms with Gasteiger partial charge in [-0.3, -0.25) is 9.89 Å².